The van der Waals surface area contributed by atoms with Gasteiger partial charge < -0.3 is 9.64 Å². The third-order valence-corrected chi connectivity index (χ3v) is 6.17. The molecular weight excluding hydrogens is 348 g/mol. The summed E-state index contributed by atoms with van der Waals surface area (Å²) in [6, 6.07) is 20.3. The fraction of sp³-hybridized carbons (Fsp3) is 0.333. The van der Waals surface area contributed by atoms with Crippen LogP contribution in [-0.4, -0.2) is 41.1 Å². The van der Waals surface area contributed by atoms with Gasteiger partial charge in [0.1, 0.15) is 0 Å². The molecule has 3 heterocycles. The first-order valence-corrected chi connectivity index (χ1v) is 10.1. The van der Waals surface area contributed by atoms with Gasteiger partial charge in [0.2, 0.25) is 0 Å². The second kappa shape index (κ2) is 7.02. The predicted octanol–water partition coefficient (Wildman–Crippen LogP) is 4.41. The van der Waals surface area contributed by atoms with Crippen molar-refractivity contribution in [2.75, 3.05) is 19.7 Å². The fourth-order valence-corrected chi connectivity index (χ4v) is 4.79. The quantitative estimate of drug-likeness (QED) is 0.669. The molecule has 5 rings (SSSR count). The van der Waals surface area contributed by atoms with Crippen LogP contribution >= 0.6 is 0 Å². The number of pyridine rings is 1. The summed E-state index contributed by atoms with van der Waals surface area (Å²) in [5, 5.41) is 1.00. The van der Waals surface area contributed by atoms with Gasteiger partial charge in [-0.25, -0.2) is 0 Å². The third kappa shape index (κ3) is 3.08. The van der Waals surface area contributed by atoms with Crippen LogP contribution < -0.4 is 0 Å². The number of hydrogen-bond acceptors (Lipinski definition) is 3. The molecule has 2 saturated heterocycles. The van der Waals surface area contributed by atoms with E-state index in [2.05, 4.69) is 29.2 Å². The van der Waals surface area contributed by atoms with Crippen molar-refractivity contribution >= 4 is 16.8 Å². The molecule has 0 N–H and O–H groups in total. The van der Waals surface area contributed by atoms with Crippen molar-refractivity contribution in [2.45, 2.75) is 30.8 Å². The average molecular weight is 372 g/mol. The third-order valence-electron chi connectivity index (χ3n) is 6.17. The molecule has 28 heavy (non-hydrogen) atoms. The van der Waals surface area contributed by atoms with Gasteiger partial charge in [-0.05, 0) is 37.0 Å². The molecule has 2 unspecified atom stereocenters. The highest BCUT2D eigenvalue weighted by Gasteiger charge is 2.45. The number of aromatic nitrogens is 1. The van der Waals surface area contributed by atoms with Gasteiger partial charge in [-0.2, -0.15) is 0 Å². The van der Waals surface area contributed by atoms with E-state index in [1.54, 1.807) is 6.20 Å². The molecule has 1 amide bonds. The van der Waals surface area contributed by atoms with Gasteiger partial charge in [0.25, 0.3) is 5.91 Å². The SMILES string of the molecule is O=C(c1cccc2cccnc12)N1CCCC2(CC(c3ccccc3)CO2)C1. The van der Waals surface area contributed by atoms with Crippen molar-refractivity contribution in [2.24, 2.45) is 0 Å². The van der Waals surface area contributed by atoms with E-state index in [0.29, 0.717) is 18.0 Å². The van der Waals surface area contributed by atoms with Gasteiger partial charge in [0.05, 0.1) is 23.3 Å². The van der Waals surface area contributed by atoms with Gasteiger partial charge in [-0.15, -0.1) is 0 Å². The van der Waals surface area contributed by atoms with Crippen LogP contribution in [0.25, 0.3) is 10.9 Å². The summed E-state index contributed by atoms with van der Waals surface area (Å²) in [6.07, 6.45) is 4.73. The fourth-order valence-electron chi connectivity index (χ4n) is 4.79. The molecule has 142 valence electrons. The molecule has 2 aliphatic rings. The van der Waals surface area contributed by atoms with Crippen molar-refractivity contribution < 1.29 is 9.53 Å². The van der Waals surface area contributed by atoms with Crippen molar-refractivity contribution in [3.05, 3.63) is 78.0 Å². The van der Waals surface area contributed by atoms with Crippen molar-refractivity contribution in [1.82, 2.24) is 9.88 Å². The lowest BCUT2D eigenvalue weighted by atomic mass is 9.84. The van der Waals surface area contributed by atoms with Gasteiger partial charge in [-0.3, -0.25) is 9.78 Å². The van der Waals surface area contributed by atoms with Crippen molar-refractivity contribution in [3.8, 4) is 0 Å². The van der Waals surface area contributed by atoms with Crippen molar-refractivity contribution in [3.63, 3.8) is 0 Å². The summed E-state index contributed by atoms with van der Waals surface area (Å²) in [5.74, 6) is 0.477. The maximum atomic E-state index is 13.3. The number of likely N-dealkylation sites (tertiary alicyclic amines) is 1. The Morgan fingerprint density at radius 2 is 1.93 bits per heavy atom. The molecule has 2 aromatic carbocycles. The first kappa shape index (κ1) is 17.4. The molecule has 0 saturated carbocycles. The number of benzene rings is 2. The van der Waals surface area contributed by atoms with E-state index in [0.717, 1.165) is 43.3 Å². The molecule has 2 atom stereocenters. The largest absolute Gasteiger partial charge is 0.372 e. The highest BCUT2D eigenvalue weighted by Crippen LogP contribution is 2.42. The van der Waals surface area contributed by atoms with Crippen LogP contribution in [0.15, 0.2) is 66.9 Å². The summed E-state index contributed by atoms with van der Waals surface area (Å²) in [5.41, 5.74) is 2.59. The van der Waals surface area contributed by atoms with Crippen molar-refractivity contribution in [1.29, 1.82) is 0 Å². The van der Waals surface area contributed by atoms with Crippen LogP contribution in [0.2, 0.25) is 0 Å². The van der Waals surface area contributed by atoms with Gasteiger partial charge in [0.15, 0.2) is 0 Å². The lowest BCUT2D eigenvalue weighted by Crippen LogP contribution is -2.50. The number of ether oxygens (including phenoxy) is 1. The van der Waals surface area contributed by atoms with Gasteiger partial charge >= 0.3 is 0 Å². The molecular formula is C24H24N2O2. The molecule has 1 aromatic heterocycles. The lowest BCUT2D eigenvalue weighted by molar-refractivity contribution is -0.0447. The standard InChI is InChI=1S/C24H24N2O2/c27-23(21-11-4-9-19-10-5-13-25-22(19)21)26-14-6-12-24(17-26)15-20(16-28-24)18-7-2-1-3-8-18/h1-5,7-11,13,20H,6,12,14-17H2. The normalized spacial score (nSPS) is 24.7. The molecule has 0 aliphatic carbocycles. The van der Waals surface area contributed by atoms with E-state index in [9.17, 15) is 4.79 Å². The Morgan fingerprint density at radius 3 is 2.82 bits per heavy atom. The Bertz CT molecular complexity index is 998. The Morgan fingerprint density at radius 1 is 1.07 bits per heavy atom. The summed E-state index contributed by atoms with van der Waals surface area (Å²) in [6.45, 7) is 2.18. The average Bonchev–Trinajstić information content (AvgIpc) is 3.16. The van der Waals surface area contributed by atoms with E-state index < -0.39 is 0 Å². The summed E-state index contributed by atoms with van der Waals surface area (Å²) in [4.78, 5) is 19.8. The number of rotatable bonds is 2. The Balaban J connectivity index is 1.38. The van der Waals surface area contributed by atoms with Crippen LogP contribution in [0.5, 0.6) is 0 Å². The summed E-state index contributed by atoms with van der Waals surface area (Å²) < 4.78 is 6.34. The molecule has 2 aliphatic heterocycles. The number of nitrogens with zero attached hydrogens (tertiary/aromatic N) is 2. The Kier molecular flexibility index (Phi) is 4.36. The minimum atomic E-state index is -0.216. The number of para-hydroxylation sites is 1. The molecule has 4 heteroatoms. The summed E-state index contributed by atoms with van der Waals surface area (Å²) >= 11 is 0. The zero-order chi connectivity index (χ0) is 19.0. The van der Waals surface area contributed by atoms with E-state index >= 15 is 0 Å². The van der Waals surface area contributed by atoms with E-state index in [-0.39, 0.29) is 11.5 Å². The van der Waals surface area contributed by atoms with Crippen LogP contribution in [0.4, 0.5) is 0 Å². The molecule has 0 bridgehead atoms. The van der Waals surface area contributed by atoms with Crippen LogP contribution in [0, 0.1) is 0 Å². The number of fused-ring (bicyclic) bond motifs is 1. The maximum absolute atomic E-state index is 13.3. The molecule has 1 spiro atoms. The molecule has 0 radical (unpaired) electrons. The number of carbonyl (C=O) groups is 1. The van der Waals surface area contributed by atoms with Gasteiger partial charge in [0, 0.05) is 30.6 Å². The Labute approximate surface area is 165 Å². The molecule has 3 aromatic rings. The number of carbonyl (C=O) groups excluding carboxylic acids is 1. The second-order valence-corrected chi connectivity index (χ2v) is 8.02. The Hall–Kier alpha value is -2.72. The second-order valence-electron chi connectivity index (χ2n) is 8.02. The molecule has 2 fully saturated rings. The zero-order valence-electron chi connectivity index (χ0n) is 15.9. The van der Waals surface area contributed by atoms with Crippen LogP contribution in [0.3, 0.4) is 0 Å². The highest BCUT2D eigenvalue weighted by atomic mass is 16.5. The van der Waals surface area contributed by atoms with E-state index in [1.165, 1.54) is 5.56 Å². The lowest BCUT2D eigenvalue weighted by Gasteiger charge is -2.40. The van der Waals surface area contributed by atoms with Gasteiger partial charge in [-0.1, -0.05) is 48.5 Å². The maximum Gasteiger partial charge on any atom is 0.256 e. The minimum Gasteiger partial charge on any atom is -0.372 e. The van der Waals surface area contributed by atoms with Crippen LogP contribution in [-0.2, 0) is 4.74 Å². The highest BCUT2D eigenvalue weighted by molar-refractivity contribution is 6.05. The van der Waals surface area contributed by atoms with E-state index in [1.807, 2.05) is 41.3 Å². The zero-order valence-corrected chi connectivity index (χ0v) is 15.9. The summed E-state index contributed by atoms with van der Waals surface area (Å²) in [7, 11) is 0. The monoisotopic (exact) mass is 372 g/mol. The first-order valence-electron chi connectivity index (χ1n) is 10.1. The smallest absolute Gasteiger partial charge is 0.256 e. The van der Waals surface area contributed by atoms with Crippen LogP contribution in [0.1, 0.15) is 41.1 Å². The molecule has 4 nitrogen and oxygen atoms in total. The first-order chi connectivity index (χ1) is 13.7. The number of amides is 1. The van der Waals surface area contributed by atoms with E-state index in [4.69, 9.17) is 4.74 Å². The topological polar surface area (TPSA) is 42.4 Å². The number of hydrogen-bond donors (Lipinski definition) is 0. The predicted molar refractivity (Wildman–Crippen MR) is 109 cm³/mol. The minimum absolute atomic E-state index is 0.0649. The number of piperidine rings is 1.